The lowest BCUT2D eigenvalue weighted by Gasteiger charge is -2.23. The molecule has 0 fully saturated rings. The maximum atomic E-state index is 9.35. The van der Waals surface area contributed by atoms with E-state index < -0.39 is 0 Å². The first-order valence-electron chi connectivity index (χ1n) is 7.24. The van der Waals surface area contributed by atoms with Crippen LogP contribution in [0.1, 0.15) is 31.4 Å². The summed E-state index contributed by atoms with van der Waals surface area (Å²) in [6.45, 7) is 8.46. The van der Waals surface area contributed by atoms with Crippen LogP contribution in [0.3, 0.4) is 0 Å². The highest BCUT2D eigenvalue weighted by Crippen LogP contribution is 2.21. The van der Waals surface area contributed by atoms with Gasteiger partial charge in [0.05, 0.1) is 17.9 Å². The molecule has 4 heteroatoms. The fraction of sp³-hybridized carbons (Fsp3) is 0.562. The quantitative estimate of drug-likeness (QED) is 0.704. The molecule has 0 amide bonds. The Hall–Kier alpha value is -1.57. The van der Waals surface area contributed by atoms with Crippen LogP contribution in [-0.4, -0.2) is 33.4 Å². The Morgan fingerprint density at radius 1 is 1.35 bits per heavy atom. The minimum atomic E-state index is 0.698. The second-order valence-corrected chi connectivity index (χ2v) is 4.71. The predicted molar refractivity (Wildman–Crippen MR) is 82.9 cm³/mol. The molecule has 4 nitrogen and oxygen atoms in total. The number of nitriles is 1. The highest BCUT2D eigenvalue weighted by Gasteiger charge is 2.09. The molecular weight excluding hydrogens is 250 g/mol. The summed E-state index contributed by atoms with van der Waals surface area (Å²) in [6, 6.07) is 8.45. The van der Waals surface area contributed by atoms with E-state index in [-0.39, 0.29) is 0 Å². The van der Waals surface area contributed by atoms with Gasteiger partial charge in [-0.2, -0.15) is 5.26 Å². The smallest absolute Gasteiger partial charge is 0.101 e. The number of ether oxygens (including phenoxy) is 1. The summed E-state index contributed by atoms with van der Waals surface area (Å²) in [7, 11) is 1.69. The Labute approximate surface area is 122 Å². The van der Waals surface area contributed by atoms with Crippen LogP contribution in [0, 0.1) is 11.3 Å². The van der Waals surface area contributed by atoms with E-state index in [9.17, 15) is 5.26 Å². The molecule has 1 N–H and O–H groups in total. The first-order valence-corrected chi connectivity index (χ1v) is 7.24. The molecule has 0 saturated carbocycles. The molecule has 0 aliphatic carbocycles. The van der Waals surface area contributed by atoms with Crippen LogP contribution in [0.15, 0.2) is 18.2 Å². The van der Waals surface area contributed by atoms with Crippen molar-refractivity contribution < 1.29 is 4.74 Å². The monoisotopic (exact) mass is 275 g/mol. The third-order valence-electron chi connectivity index (χ3n) is 3.21. The molecule has 110 valence electrons. The third-order valence-corrected chi connectivity index (χ3v) is 3.21. The van der Waals surface area contributed by atoms with E-state index in [0.717, 1.165) is 49.4 Å². The van der Waals surface area contributed by atoms with Gasteiger partial charge in [-0.05, 0) is 31.0 Å². The van der Waals surface area contributed by atoms with Gasteiger partial charge in [-0.1, -0.05) is 13.0 Å². The van der Waals surface area contributed by atoms with E-state index in [4.69, 9.17) is 4.74 Å². The second-order valence-electron chi connectivity index (χ2n) is 4.71. The van der Waals surface area contributed by atoms with E-state index in [0.29, 0.717) is 6.61 Å². The van der Waals surface area contributed by atoms with Gasteiger partial charge in [0.25, 0.3) is 0 Å². The molecule has 0 unspecified atom stereocenters. The Morgan fingerprint density at radius 3 is 2.75 bits per heavy atom. The van der Waals surface area contributed by atoms with Gasteiger partial charge in [0.2, 0.25) is 0 Å². The lowest BCUT2D eigenvalue weighted by atomic mass is 10.1. The topological polar surface area (TPSA) is 48.3 Å². The molecule has 0 aliphatic heterocycles. The summed E-state index contributed by atoms with van der Waals surface area (Å²) in [5.74, 6) is 0. The van der Waals surface area contributed by atoms with Gasteiger partial charge in [-0.15, -0.1) is 0 Å². The van der Waals surface area contributed by atoms with Crippen molar-refractivity contribution in [1.82, 2.24) is 5.32 Å². The van der Waals surface area contributed by atoms with E-state index in [1.165, 1.54) is 0 Å². The molecule has 1 aromatic carbocycles. The zero-order chi connectivity index (χ0) is 14.8. The fourth-order valence-electron chi connectivity index (χ4n) is 2.18. The van der Waals surface area contributed by atoms with Gasteiger partial charge in [0.15, 0.2) is 0 Å². The van der Waals surface area contributed by atoms with Gasteiger partial charge in [0, 0.05) is 33.3 Å². The Bertz CT molecular complexity index is 440. The predicted octanol–water partition coefficient (Wildman–Crippen LogP) is 2.53. The normalized spacial score (nSPS) is 10.3. The number of hydrogen-bond acceptors (Lipinski definition) is 4. The molecule has 20 heavy (non-hydrogen) atoms. The van der Waals surface area contributed by atoms with Crippen molar-refractivity contribution in [3.05, 3.63) is 29.3 Å². The maximum Gasteiger partial charge on any atom is 0.101 e. The number of hydrogen-bond donors (Lipinski definition) is 1. The van der Waals surface area contributed by atoms with Crippen molar-refractivity contribution in [2.45, 2.75) is 26.8 Å². The number of benzene rings is 1. The van der Waals surface area contributed by atoms with Crippen LogP contribution in [0.5, 0.6) is 0 Å². The molecular formula is C16H25N3O. The van der Waals surface area contributed by atoms with Crippen molar-refractivity contribution in [3.8, 4) is 6.07 Å². The van der Waals surface area contributed by atoms with E-state index in [2.05, 4.69) is 42.3 Å². The van der Waals surface area contributed by atoms with Crippen LogP contribution in [0.4, 0.5) is 5.69 Å². The maximum absolute atomic E-state index is 9.35. The highest BCUT2D eigenvalue weighted by molar-refractivity contribution is 5.60. The number of rotatable bonds is 9. The van der Waals surface area contributed by atoms with Crippen molar-refractivity contribution in [1.29, 1.82) is 5.26 Å². The standard InChI is InChI=1S/C16H25N3O/c1-4-9-19(5-2)16-7-6-14(11-15(16)12-17)13-18-8-10-20-3/h6-7,11,18H,4-5,8-10,13H2,1-3H3. The Morgan fingerprint density at radius 2 is 2.15 bits per heavy atom. The molecule has 0 atom stereocenters. The summed E-state index contributed by atoms with van der Waals surface area (Å²) >= 11 is 0. The van der Waals surface area contributed by atoms with Crippen LogP contribution >= 0.6 is 0 Å². The summed E-state index contributed by atoms with van der Waals surface area (Å²) < 4.78 is 5.00. The minimum Gasteiger partial charge on any atom is -0.383 e. The molecule has 0 bridgehead atoms. The molecule has 0 radical (unpaired) electrons. The number of nitrogens with zero attached hydrogens (tertiary/aromatic N) is 2. The van der Waals surface area contributed by atoms with E-state index in [1.807, 2.05) is 6.07 Å². The highest BCUT2D eigenvalue weighted by atomic mass is 16.5. The van der Waals surface area contributed by atoms with Crippen molar-refractivity contribution in [2.24, 2.45) is 0 Å². The average Bonchev–Trinajstić information content (AvgIpc) is 2.49. The molecule has 0 spiro atoms. The second kappa shape index (κ2) is 9.35. The summed E-state index contributed by atoms with van der Waals surface area (Å²) in [4.78, 5) is 2.25. The number of methoxy groups -OCH3 is 1. The Balaban J connectivity index is 2.77. The van der Waals surface area contributed by atoms with Crippen molar-refractivity contribution >= 4 is 5.69 Å². The fourth-order valence-corrected chi connectivity index (χ4v) is 2.18. The van der Waals surface area contributed by atoms with E-state index in [1.54, 1.807) is 7.11 Å². The van der Waals surface area contributed by atoms with Crippen molar-refractivity contribution in [2.75, 3.05) is 38.3 Å². The lowest BCUT2D eigenvalue weighted by molar-refractivity contribution is 0.199. The molecule has 0 aromatic heterocycles. The zero-order valence-corrected chi connectivity index (χ0v) is 12.8. The molecule has 0 saturated heterocycles. The molecule has 0 aliphatic rings. The lowest BCUT2D eigenvalue weighted by Crippen LogP contribution is -2.24. The van der Waals surface area contributed by atoms with Gasteiger partial charge < -0.3 is 15.0 Å². The largest absolute Gasteiger partial charge is 0.383 e. The van der Waals surface area contributed by atoms with Crippen molar-refractivity contribution in [3.63, 3.8) is 0 Å². The van der Waals surface area contributed by atoms with Crippen LogP contribution < -0.4 is 10.2 Å². The minimum absolute atomic E-state index is 0.698. The summed E-state index contributed by atoms with van der Waals surface area (Å²) in [5.41, 5.74) is 2.93. The van der Waals surface area contributed by atoms with Crippen LogP contribution in [0.25, 0.3) is 0 Å². The third kappa shape index (κ3) is 4.84. The SMILES string of the molecule is CCCN(CC)c1ccc(CNCCOC)cc1C#N. The van der Waals surface area contributed by atoms with Gasteiger partial charge >= 0.3 is 0 Å². The summed E-state index contributed by atoms with van der Waals surface area (Å²) in [5, 5.41) is 12.6. The van der Waals surface area contributed by atoms with Crippen LogP contribution in [0.2, 0.25) is 0 Å². The first-order chi connectivity index (χ1) is 9.76. The van der Waals surface area contributed by atoms with Gasteiger partial charge in [-0.25, -0.2) is 0 Å². The number of anilines is 1. The molecule has 1 aromatic rings. The zero-order valence-electron chi connectivity index (χ0n) is 12.8. The first kappa shape index (κ1) is 16.5. The average molecular weight is 275 g/mol. The Kier molecular flexibility index (Phi) is 7.71. The molecule has 0 heterocycles. The number of nitrogens with one attached hydrogen (secondary N) is 1. The van der Waals surface area contributed by atoms with Gasteiger partial charge in [-0.3, -0.25) is 0 Å². The molecule has 1 rings (SSSR count). The van der Waals surface area contributed by atoms with E-state index >= 15 is 0 Å². The summed E-state index contributed by atoms with van der Waals surface area (Å²) in [6.07, 6.45) is 1.08. The van der Waals surface area contributed by atoms with Crippen LogP contribution in [-0.2, 0) is 11.3 Å². The van der Waals surface area contributed by atoms with Gasteiger partial charge in [0.1, 0.15) is 6.07 Å².